The zero-order chi connectivity index (χ0) is 19.7. The average molecular weight is 412 g/mol. The number of halogens is 2. The molecule has 0 unspecified atom stereocenters. The molecule has 0 bridgehead atoms. The Bertz CT molecular complexity index is 1160. The van der Waals surface area contributed by atoms with Crippen molar-refractivity contribution in [2.24, 2.45) is 0 Å². The van der Waals surface area contributed by atoms with Crippen molar-refractivity contribution in [3.8, 4) is 0 Å². The summed E-state index contributed by atoms with van der Waals surface area (Å²) in [7, 11) is 0. The topological polar surface area (TPSA) is 42.2 Å². The SMILES string of the molecule is O=C(O)c1c(Sc2ccccc2)c2cc(F)ccc2n1Cc1ccc(Cl)cc1. The van der Waals surface area contributed by atoms with Gasteiger partial charge in [0.15, 0.2) is 0 Å². The molecule has 0 radical (unpaired) electrons. The second-order valence-corrected chi connectivity index (χ2v) is 7.79. The molecule has 0 saturated carbocycles. The highest BCUT2D eigenvalue weighted by molar-refractivity contribution is 7.99. The molecule has 0 aliphatic rings. The molecule has 0 saturated heterocycles. The number of carboxylic acid groups (broad SMARTS) is 1. The van der Waals surface area contributed by atoms with E-state index in [-0.39, 0.29) is 5.69 Å². The number of carboxylic acids is 1. The molecule has 1 N–H and O–H groups in total. The molecule has 3 aromatic carbocycles. The van der Waals surface area contributed by atoms with Crippen molar-refractivity contribution in [2.75, 3.05) is 0 Å². The van der Waals surface area contributed by atoms with E-state index in [1.165, 1.54) is 23.9 Å². The lowest BCUT2D eigenvalue weighted by molar-refractivity contribution is 0.0682. The van der Waals surface area contributed by atoms with Gasteiger partial charge in [0.05, 0.1) is 10.4 Å². The number of fused-ring (bicyclic) bond motifs is 1. The highest BCUT2D eigenvalue weighted by atomic mass is 35.5. The van der Waals surface area contributed by atoms with Gasteiger partial charge in [0.25, 0.3) is 0 Å². The number of hydrogen-bond acceptors (Lipinski definition) is 2. The van der Waals surface area contributed by atoms with Crippen LogP contribution >= 0.6 is 23.4 Å². The van der Waals surface area contributed by atoms with Crippen LogP contribution in [0.1, 0.15) is 16.1 Å². The average Bonchev–Trinajstić information content (AvgIpc) is 2.97. The molecule has 1 heterocycles. The molecular weight excluding hydrogens is 397 g/mol. The normalized spacial score (nSPS) is 11.1. The molecule has 0 aliphatic carbocycles. The van der Waals surface area contributed by atoms with Gasteiger partial charge in [0.2, 0.25) is 0 Å². The molecule has 4 aromatic rings. The van der Waals surface area contributed by atoms with Crippen molar-refractivity contribution in [2.45, 2.75) is 16.3 Å². The molecule has 0 aliphatic heterocycles. The van der Waals surface area contributed by atoms with Crippen LogP contribution in [0.4, 0.5) is 4.39 Å². The minimum absolute atomic E-state index is 0.143. The van der Waals surface area contributed by atoms with Gasteiger partial charge >= 0.3 is 5.97 Å². The molecule has 0 fully saturated rings. The lowest BCUT2D eigenvalue weighted by atomic mass is 10.2. The van der Waals surface area contributed by atoms with Crippen LogP contribution < -0.4 is 0 Å². The fourth-order valence-electron chi connectivity index (χ4n) is 3.15. The summed E-state index contributed by atoms with van der Waals surface area (Å²) in [4.78, 5) is 13.6. The molecule has 6 heteroatoms. The first kappa shape index (κ1) is 18.6. The van der Waals surface area contributed by atoms with Crippen LogP contribution in [-0.2, 0) is 6.54 Å². The van der Waals surface area contributed by atoms with Gasteiger partial charge in [-0.05, 0) is 48.0 Å². The summed E-state index contributed by atoms with van der Waals surface area (Å²) >= 11 is 7.28. The van der Waals surface area contributed by atoms with E-state index in [9.17, 15) is 14.3 Å². The molecule has 3 nitrogen and oxygen atoms in total. The molecular formula is C22H15ClFNO2S. The van der Waals surface area contributed by atoms with Gasteiger partial charge in [-0.3, -0.25) is 0 Å². The van der Waals surface area contributed by atoms with Gasteiger partial charge in [-0.25, -0.2) is 9.18 Å². The fraction of sp³-hybridized carbons (Fsp3) is 0.0455. The summed E-state index contributed by atoms with van der Waals surface area (Å²) in [5.41, 5.74) is 1.72. The molecule has 0 atom stereocenters. The van der Waals surface area contributed by atoms with Crippen LogP contribution in [0.15, 0.2) is 82.6 Å². The zero-order valence-corrected chi connectivity index (χ0v) is 16.2. The molecule has 1 aromatic heterocycles. The van der Waals surface area contributed by atoms with Crippen LogP contribution in [0.5, 0.6) is 0 Å². The summed E-state index contributed by atoms with van der Waals surface area (Å²) in [6.07, 6.45) is 0. The lowest BCUT2D eigenvalue weighted by Crippen LogP contribution is -2.10. The maximum absolute atomic E-state index is 14.0. The van der Waals surface area contributed by atoms with E-state index in [1.807, 2.05) is 42.5 Å². The Morgan fingerprint density at radius 3 is 2.43 bits per heavy atom. The van der Waals surface area contributed by atoms with Crippen molar-refractivity contribution in [1.29, 1.82) is 0 Å². The highest BCUT2D eigenvalue weighted by Gasteiger charge is 2.24. The predicted molar refractivity (Wildman–Crippen MR) is 110 cm³/mol. The molecule has 28 heavy (non-hydrogen) atoms. The third kappa shape index (κ3) is 3.63. The van der Waals surface area contributed by atoms with E-state index in [0.29, 0.717) is 27.4 Å². The quantitative estimate of drug-likeness (QED) is 0.417. The molecule has 0 amide bonds. The van der Waals surface area contributed by atoms with E-state index in [4.69, 9.17) is 11.6 Å². The second-order valence-electron chi connectivity index (χ2n) is 6.27. The Balaban J connectivity index is 1.91. The van der Waals surface area contributed by atoms with Crippen LogP contribution in [0.2, 0.25) is 5.02 Å². The van der Waals surface area contributed by atoms with Gasteiger partial charge in [-0.15, -0.1) is 0 Å². The summed E-state index contributed by atoms with van der Waals surface area (Å²) in [5.74, 6) is -1.45. The lowest BCUT2D eigenvalue weighted by Gasteiger charge is -2.09. The molecule has 140 valence electrons. The van der Waals surface area contributed by atoms with Crippen LogP contribution in [0.25, 0.3) is 10.9 Å². The number of aromatic carboxylic acids is 1. The van der Waals surface area contributed by atoms with E-state index in [0.717, 1.165) is 10.5 Å². The minimum Gasteiger partial charge on any atom is -0.477 e. The van der Waals surface area contributed by atoms with Crippen LogP contribution in [0, 0.1) is 5.82 Å². The first-order valence-electron chi connectivity index (χ1n) is 8.55. The van der Waals surface area contributed by atoms with E-state index < -0.39 is 11.8 Å². The van der Waals surface area contributed by atoms with E-state index >= 15 is 0 Å². The Kier molecular flexibility index (Phi) is 5.11. The summed E-state index contributed by atoms with van der Waals surface area (Å²) in [6.45, 7) is 0.344. The standard InChI is InChI=1S/C22H15ClFNO2S/c23-15-8-6-14(7-9-15)13-25-19-11-10-16(24)12-18(19)21(20(25)22(26)27)28-17-4-2-1-3-5-17/h1-12H,13H2,(H,26,27). The summed E-state index contributed by atoms with van der Waals surface area (Å²) in [6, 6.07) is 21.1. The van der Waals surface area contributed by atoms with Gasteiger partial charge in [0.1, 0.15) is 11.5 Å². The second kappa shape index (κ2) is 7.70. The maximum atomic E-state index is 14.0. The van der Waals surface area contributed by atoms with Gasteiger partial charge in [-0.2, -0.15) is 0 Å². The van der Waals surface area contributed by atoms with Crippen molar-refractivity contribution in [3.05, 3.63) is 94.9 Å². The number of aromatic nitrogens is 1. The predicted octanol–water partition coefficient (Wildman–Crippen LogP) is 6.33. The van der Waals surface area contributed by atoms with Crippen molar-refractivity contribution in [3.63, 3.8) is 0 Å². The molecule has 4 rings (SSSR count). The smallest absolute Gasteiger partial charge is 0.353 e. The largest absolute Gasteiger partial charge is 0.477 e. The zero-order valence-electron chi connectivity index (χ0n) is 14.6. The molecule has 0 spiro atoms. The third-order valence-electron chi connectivity index (χ3n) is 4.40. The highest BCUT2D eigenvalue weighted by Crippen LogP contribution is 2.39. The van der Waals surface area contributed by atoms with Gasteiger partial charge in [-0.1, -0.05) is 53.7 Å². The maximum Gasteiger partial charge on any atom is 0.353 e. The Labute approximate surface area is 170 Å². The van der Waals surface area contributed by atoms with Crippen LogP contribution in [0.3, 0.4) is 0 Å². The summed E-state index contributed by atoms with van der Waals surface area (Å²) in [5, 5.41) is 11.2. The number of benzene rings is 3. The Hall–Kier alpha value is -2.76. The van der Waals surface area contributed by atoms with E-state index in [2.05, 4.69) is 0 Å². The minimum atomic E-state index is -1.05. The number of nitrogens with zero attached hydrogens (tertiary/aromatic N) is 1. The van der Waals surface area contributed by atoms with Gasteiger partial charge in [0, 0.05) is 21.8 Å². The van der Waals surface area contributed by atoms with E-state index in [1.54, 1.807) is 22.8 Å². The van der Waals surface area contributed by atoms with Crippen molar-refractivity contribution < 1.29 is 14.3 Å². The van der Waals surface area contributed by atoms with Crippen LogP contribution in [-0.4, -0.2) is 15.6 Å². The number of rotatable bonds is 5. The monoisotopic (exact) mass is 411 g/mol. The Morgan fingerprint density at radius 1 is 1.04 bits per heavy atom. The number of hydrogen-bond donors (Lipinski definition) is 1. The van der Waals surface area contributed by atoms with Crippen molar-refractivity contribution in [1.82, 2.24) is 4.57 Å². The third-order valence-corrected chi connectivity index (χ3v) is 5.78. The number of carbonyl (C=O) groups is 1. The Morgan fingerprint density at radius 2 is 1.75 bits per heavy atom. The first-order chi connectivity index (χ1) is 13.5. The van der Waals surface area contributed by atoms with Gasteiger partial charge < -0.3 is 9.67 Å². The fourth-order valence-corrected chi connectivity index (χ4v) is 4.38. The van der Waals surface area contributed by atoms with Crippen molar-refractivity contribution >= 4 is 40.2 Å². The summed E-state index contributed by atoms with van der Waals surface area (Å²) < 4.78 is 15.7. The first-order valence-corrected chi connectivity index (χ1v) is 9.75.